The highest BCUT2D eigenvalue weighted by molar-refractivity contribution is 5.93. The third kappa shape index (κ3) is 2.93. The maximum Gasteiger partial charge on any atom is 0.336 e. The number of benzene rings is 2. The van der Waals surface area contributed by atoms with E-state index in [1.165, 1.54) is 6.33 Å². The highest BCUT2D eigenvalue weighted by Crippen LogP contribution is 2.32. The standard InChI is InChI=1S/C22H20N4O2/c1-13(2)20-25-18-11-23-12-24-21(18)26(20)19-10-16(15-7-5-4-6-8-15)9-17(14(19)3)22(27)28/h4-13H,1-3H3,(H,27,28). The second kappa shape index (κ2) is 6.88. The molecule has 0 saturated carbocycles. The van der Waals surface area contributed by atoms with Gasteiger partial charge in [0.2, 0.25) is 0 Å². The van der Waals surface area contributed by atoms with Crippen molar-refractivity contribution in [2.45, 2.75) is 26.7 Å². The molecule has 0 atom stereocenters. The summed E-state index contributed by atoms with van der Waals surface area (Å²) in [5.74, 6) is -0.0101. The Hall–Kier alpha value is -3.54. The van der Waals surface area contributed by atoms with Crippen LogP contribution in [0.5, 0.6) is 0 Å². The van der Waals surface area contributed by atoms with E-state index >= 15 is 0 Å². The zero-order valence-corrected chi connectivity index (χ0v) is 15.9. The molecule has 4 rings (SSSR count). The predicted molar refractivity (Wildman–Crippen MR) is 108 cm³/mol. The summed E-state index contributed by atoms with van der Waals surface area (Å²) in [6, 6.07) is 13.5. The molecule has 4 aromatic rings. The van der Waals surface area contributed by atoms with E-state index in [0.29, 0.717) is 16.7 Å². The van der Waals surface area contributed by atoms with Crippen LogP contribution in [0.1, 0.15) is 41.5 Å². The van der Waals surface area contributed by atoms with Crippen LogP contribution in [0, 0.1) is 6.92 Å². The highest BCUT2D eigenvalue weighted by Gasteiger charge is 2.21. The van der Waals surface area contributed by atoms with E-state index in [0.717, 1.165) is 22.6 Å². The van der Waals surface area contributed by atoms with Crippen LogP contribution in [0.2, 0.25) is 0 Å². The van der Waals surface area contributed by atoms with Crippen molar-refractivity contribution in [1.29, 1.82) is 0 Å². The number of nitrogens with zero attached hydrogens (tertiary/aromatic N) is 4. The topological polar surface area (TPSA) is 80.9 Å². The Kier molecular flexibility index (Phi) is 4.39. The first kappa shape index (κ1) is 17.9. The van der Waals surface area contributed by atoms with Gasteiger partial charge in [-0.2, -0.15) is 0 Å². The smallest absolute Gasteiger partial charge is 0.336 e. The van der Waals surface area contributed by atoms with E-state index in [1.54, 1.807) is 12.3 Å². The lowest BCUT2D eigenvalue weighted by Crippen LogP contribution is -2.09. The van der Waals surface area contributed by atoms with Crippen LogP contribution in [-0.2, 0) is 0 Å². The molecule has 2 heterocycles. The van der Waals surface area contributed by atoms with E-state index in [-0.39, 0.29) is 11.5 Å². The molecule has 6 heteroatoms. The van der Waals surface area contributed by atoms with Crippen molar-refractivity contribution < 1.29 is 9.90 Å². The molecule has 0 unspecified atom stereocenters. The Balaban J connectivity index is 2.08. The Bertz CT molecular complexity index is 1180. The lowest BCUT2D eigenvalue weighted by Gasteiger charge is -2.17. The summed E-state index contributed by atoms with van der Waals surface area (Å²) in [5.41, 5.74) is 4.86. The molecule has 0 aliphatic rings. The zero-order valence-electron chi connectivity index (χ0n) is 15.9. The summed E-state index contributed by atoms with van der Waals surface area (Å²) in [7, 11) is 0. The van der Waals surface area contributed by atoms with Crippen LogP contribution < -0.4 is 0 Å². The first-order valence-electron chi connectivity index (χ1n) is 9.09. The molecule has 0 spiro atoms. The van der Waals surface area contributed by atoms with E-state index in [2.05, 4.69) is 23.8 Å². The summed E-state index contributed by atoms with van der Waals surface area (Å²) in [4.78, 5) is 25.1. The lowest BCUT2D eigenvalue weighted by molar-refractivity contribution is 0.0696. The van der Waals surface area contributed by atoms with Gasteiger partial charge in [0.15, 0.2) is 5.65 Å². The molecule has 140 valence electrons. The number of hydrogen-bond acceptors (Lipinski definition) is 4. The number of imidazole rings is 1. The Morgan fingerprint density at radius 3 is 2.54 bits per heavy atom. The number of carbonyl (C=O) groups is 1. The minimum Gasteiger partial charge on any atom is -0.478 e. The highest BCUT2D eigenvalue weighted by atomic mass is 16.4. The largest absolute Gasteiger partial charge is 0.478 e. The molecule has 2 aromatic carbocycles. The third-order valence-electron chi connectivity index (χ3n) is 4.82. The Morgan fingerprint density at radius 2 is 1.86 bits per heavy atom. The van der Waals surface area contributed by atoms with Crippen molar-refractivity contribution in [1.82, 2.24) is 19.5 Å². The molecule has 0 amide bonds. The average molecular weight is 372 g/mol. The van der Waals surface area contributed by atoms with Gasteiger partial charge in [0.25, 0.3) is 0 Å². The summed E-state index contributed by atoms with van der Waals surface area (Å²) in [6.45, 7) is 5.93. The molecule has 28 heavy (non-hydrogen) atoms. The molecule has 6 nitrogen and oxygen atoms in total. The fraction of sp³-hybridized carbons (Fsp3) is 0.182. The summed E-state index contributed by atoms with van der Waals surface area (Å²) in [6.07, 6.45) is 3.16. The van der Waals surface area contributed by atoms with Crippen molar-refractivity contribution in [2.75, 3.05) is 0 Å². The summed E-state index contributed by atoms with van der Waals surface area (Å²) in [5, 5.41) is 9.80. The van der Waals surface area contributed by atoms with Crippen molar-refractivity contribution >= 4 is 17.1 Å². The monoisotopic (exact) mass is 372 g/mol. The van der Waals surface area contributed by atoms with Gasteiger partial charge in [-0.05, 0) is 35.7 Å². The SMILES string of the molecule is Cc1c(C(=O)O)cc(-c2ccccc2)cc1-n1c(C(C)C)nc2cncnc21. The van der Waals surface area contributed by atoms with Crippen LogP contribution in [0.4, 0.5) is 0 Å². The number of rotatable bonds is 4. The zero-order chi connectivity index (χ0) is 19.8. The maximum absolute atomic E-state index is 12.0. The van der Waals surface area contributed by atoms with E-state index in [4.69, 9.17) is 4.98 Å². The quantitative estimate of drug-likeness (QED) is 0.566. The number of carboxylic acids is 1. The van der Waals surface area contributed by atoms with Crippen molar-refractivity contribution in [2.24, 2.45) is 0 Å². The molecule has 0 fully saturated rings. The first-order valence-corrected chi connectivity index (χ1v) is 9.09. The van der Waals surface area contributed by atoms with Gasteiger partial charge in [-0.3, -0.25) is 4.57 Å². The minimum absolute atomic E-state index is 0.127. The van der Waals surface area contributed by atoms with Crippen LogP contribution >= 0.6 is 0 Å². The second-order valence-corrected chi connectivity index (χ2v) is 7.03. The molecule has 0 aliphatic heterocycles. The molecular weight excluding hydrogens is 352 g/mol. The molecule has 0 saturated heterocycles. The predicted octanol–water partition coefficient (Wildman–Crippen LogP) is 4.61. The molecule has 0 aliphatic carbocycles. The van der Waals surface area contributed by atoms with Crippen LogP contribution in [0.3, 0.4) is 0 Å². The van der Waals surface area contributed by atoms with Gasteiger partial charge < -0.3 is 5.11 Å². The Morgan fingerprint density at radius 1 is 1.11 bits per heavy atom. The van der Waals surface area contributed by atoms with E-state index < -0.39 is 5.97 Å². The van der Waals surface area contributed by atoms with Crippen LogP contribution in [0.15, 0.2) is 55.0 Å². The molecule has 0 bridgehead atoms. The van der Waals surface area contributed by atoms with Gasteiger partial charge >= 0.3 is 5.97 Å². The van der Waals surface area contributed by atoms with Gasteiger partial charge in [0, 0.05) is 5.92 Å². The molecule has 1 N–H and O–H groups in total. The van der Waals surface area contributed by atoms with Gasteiger partial charge in [-0.1, -0.05) is 44.2 Å². The average Bonchev–Trinajstić information content (AvgIpc) is 3.08. The molecule has 2 aromatic heterocycles. The first-order chi connectivity index (χ1) is 13.5. The van der Waals surface area contributed by atoms with Crippen molar-refractivity contribution in [3.8, 4) is 16.8 Å². The normalized spacial score (nSPS) is 11.3. The lowest BCUT2D eigenvalue weighted by atomic mass is 9.97. The van der Waals surface area contributed by atoms with E-state index in [9.17, 15) is 9.90 Å². The second-order valence-electron chi connectivity index (χ2n) is 7.03. The van der Waals surface area contributed by atoms with Crippen LogP contribution in [-0.4, -0.2) is 30.6 Å². The van der Waals surface area contributed by atoms with Crippen molar-refractivity contribution in [3.63, 3.8) is 0 Å². The van der Waals surface area contributed by atoms with Gasteiger partial charge in [-0.15, -0.1) is 0 Å². The van der Waals surface area contributed by atoms with Crippen molar-refractivity contribution in [3.05, 3.63) is 71.9 Å². The number of aromatic nitrogens is 4. The van der Waals surface area contributed by atoms with Gasteiger partial charge in [-0.25, -0.2) is 19.7 Å². The Labute approximate surface area is 162 Å². The maximum atomic E-state index is 12.0. The fourth-order valence-electron chi connectivity index (χ4n) is 3.42. The number of hydrogen-bond donors (Lipinski definition) is 1. The number of aromatic carboxylic acids is 1. The number of fused-ring (bicyclic) bond motifs is 1. The summed E-state index contributed by atoms with van der Waals surface area (Å²) >= 11 is 0. The minimum atomic E-state index is -0.957. The van der Waals surface area contributed by atoms with Crippen LogP contribution in [0.25, 0.3) is 28.0 Å². The third-order valence-corrected chi connectivity index (χ3v) is 4.82. The van der Waals surface area contributed by atoms with Gasteiger partial charge in [0.05, 0.1) is 17.4 Å². The summed E-state index contributed by atoms with van der Waals surface area (Å²) < 4.78 is 1.95. The molecular formula is C22H20N4O2. The van der Waals surface area contributed by atoms with E-state index in [1.807, 2.05) is 47.9 Å². The molecule has 0 radical (unpaired) electrons. The van der Waals surface area contributed by atoms with Gasteiger partial charge in [0.1, 0.15) is 17.7 Å². The fourth-order valence-corrected chi connectivity index (χ4v) is 3.42. The number of carboxylic acid groups (broad SMARTS) is 1.